The van der Waals surface area contributed by atoms with Crippen molar-refractivity contribution in [1.82, 2.24) is 30.6 Å². The van der Waals surface area contributed by atoms with Crippen LogP contribution in [0.5, 0.6) is 0 Å². The van der Waals surface area contributed by atoms with Gasteiger partial charge in [-0.3, -0.25) is 0 Å². The molecule has 180 valence electrons. The van der Waals surface area contributed by atoms with Crippen LogP contribution in [-0.2, 0) is 19.4 Å². The van der Waals surface area contributed by atoms with E-state index in [1.165, 1.54) is 40.8 Å². The number of hydrogen-bond donors (Lipinski definition) is 4. The van der Waals surface area contributed by atoms with Gasteiger partial charge in [0.05, 0.1) is 30.2 Å². The molecule has 0 radical (unpaired) electrons. The van der Waals surface area contributed by atoms with Gasteiger partial charge in [-0.15, -0.1) is 0 Å². The molecule has 0 bridgehead atoms. The van der Waals surface area contributed by atoms with E-state index in [2.05, 4.69) is 75.0 Å². The Kier molecular flexibility index (Phi) is 6.23. The number of nitrogens with one attached hydrogen (secondary N) is 4. The molecule has 6 heteroatoms. The zero-order valence-corrected chi connectivity index (χ0v) is 20.5. The van der Waals surface area contributed by atoms with Gasteiger partial charge < -0.3 is 20.6 Å². The first kappa shape index (κ1) is 22.3. The Balaban J connectivity index is 1.28. The molecule has 2 aromatic carbocycles. The Morgan fingerprint density at radius 3 is 2.80 bits per heavy atom. The van der Waals surface area contributed by atoms with Gasteiger partial charge in [0.15, 0.2) is 0 Å². The van der Waals surface area contributed by atoms with Crippen molar-refractivity contribution in [1.29, 1.82) is 0 Å². The lowest BCUT2D eigenvalue weighted by Gasteiger charge is -2.11. The average Bonchev–Trinajstić information content (AvgIpc) is 3.64. The van der Waals surface area contributed by atoms with Crippen molar-refractivity contribution in [3.63, 3.8) is 0 Å². The van der Waals surface area contributed by atoms with E-state index >= 15 is 0 Å². The molecular weight excluding hydrogens is 432 g/mol. The van der Waals surface area contributed by atoms with Gasteiger partial charge >= 0.3 is 0 Å². The zero-order valence-electron chi connectivity index (χ0n) is 20.5. The van der Waals surface area contributed by atoms with E-state index in [-0.39, 0.29) is 0 Å². The zero-order chi connectivity index (χ0) is 23.6. The third kappa shape index (κ3) is 4.56. The molecule has 0 amide bonds. The van der Waals surface area contributed by atoms with E-state index in [0.29, 0.717) is 6.04 Å². The van der Waals surface area contributed by atoms with Gasteiger partial charge in [0.25, 0.3) is 0 Å². The number of benzene rings is 2. The van der Waals surface area contributed by atoms with Gasteiger partial charge in [-0.05, 0) is 74.4 Å². The van der Waals surface area contributed by atoms with E-state index in [1.54, 1.807) is 0 Å². The standard InChI is InChI=1S/C29H34N6/c1-2-13-30-18-27-32-17-26(33-27)22-8-3-6-19(16-22)20-11-12-23-21(15-20)7-4-9-24-28(23)35-29(34-24)25-10-5-14-31-25/h3,6,8,11-12,15-17,25,30-31H,2,4-5,7,9-10,13-14,18H2,1H3,(H,32,33)(H,34,35)/t25-/m0/s1. The second-order valence-corrected chi connectivity index (χ2v) is 9.82. The molecule has 1 fully saturated rings. The first-order valence-electron chi connectivity index (χ1n) is 13.1. The molecule has 4 N–H and O–H groups in total. The number of aromatic amines is 2. The first-order valence-corrected chi connectivity index (χ1v) is 13.1. The molecule has 2 aliphatic rings. The molecule has 4 aromatic rings. The molecule has 6 rings (SSSR count). The van der Waals surface area contributed by atoms with Gasteiger partial charge in [-0.2, -0.15) is 0 Å². The highest BCUT2D eigenvalue weighted by molar-refractivity contribution is 5.76. The summed E-state index contributed by atoms with van der Waals surface area (Å²) in [6.45, 7) is 5.03. The van der Waals surface area contributed by atoms with Crippen molar-refractivity contribution < 1.29 is 0 Å². The Morgan fingerprint density at radius 1 is 1.00 bits per heavy atom. The van der Waals surface area contributed by atoms with Crippen LogP contribution in [0.1, 0.15) is 61.6 Å². The second-order valence-electron chi connectivity index (χ2n) is 9.82. The topological polar surface area (TPSA) is 81.4 Å². The Hall–Kier alpha value is -3.22. The Labute approximate surface area is 207 Å². The lowest BCUT2D eigenvalue weighted by atomic mass is 9.95. The van der Waals surface area contributed by atoms with Crippen molar-refractivity contribution in [2.24, 2.45) is 0 Å². The van der Waals surface area contributed by atoms with Crippen molar-refractivity contribution in [3.05, 3.63) is 71.6 Å². The van der Waals surface area contributed by atoms with E-state index in [9.17, 15) is 0 Å². The third-order valence-electron chi connectivity index (χ3n) is 7.28. The molecule has 0 spiro atoms. The highest BCUT2D eigenvalue weighted by Gasteiger charge is 2.24. The molecule has 3 heterocycles. The first-order chi connectivity index (χ1) is 17.3. The van der Waals surface area contributed by atoms with E-state index in [0.717, 1.165) is 73.9 Å². The summed E-state index contributed by atoms with van der Waals surface area (Å²) >= 11 is 0. The van der Waals surface area contributed by atoms with Crippen molar-refractivity contribution in [3.8, 4) is 33.6 Å². The Bertz CT molecular complexity index is 1310. The molecule has 1 atom stereocenters. The monoisotopic (exact) mass is 466 g/mol. The van der Waals surface area contributed by atoms with Crippen molar-refractivity contribution in [2.75, 3.05) is 13.1 Å². The molecule has 1 aliphatic carbocycles. The van der Waals surface area contributed by atoms with E-state index < -0.39 is 0 Å². The minimum atomic E-state index is 0.373. The van der Waals surface area contributed by atoms with Gasteiger partial charge in [-0.25, -0.2) is 9.97 Å². The largest absolute Gasteiger partial charge is 0.344 e. The normalized spacial score (nSPS) is 17.2. The summed E-state index contributed by atoms with van der Waals surface area (Å²) in [5, 5.41) is 6.99. The predicted molar refractivity (Wildman–Crippen MR) is 141 cm³/mol. The number of hydrogen-bond acceptors (Lipinski definition) is 4. The fourth-order valence-corrected chi connectivity index (χ4v) is 5.43. The quantitative estimate of drug-likeness (QED) is 0.269. The minimum Gasteiger partial charge on any atom is -0.344 e. The summed E-state index contributed by atoms with van der Waals surface area (Å²) in [7, 11) is 0. The highest BCUT2D eigenvalue weighted by Crippen LogP contribution is 2.36. The van der Waals surface area contributed by atoms with Crippen LogP contribution in [0.2, 0.25) is 0 Å². The summed E-state index contributed by atoms with van der Waals surface area (Å²) in [5.74, 6) is 2.09. The molecule has 1 saturated heterocycles. The minimum absolute atomic E-state index is 0.373. The van der Waals surface area contributed by atoms with Crippen molar-refractivity contribution >= 4 is 0 Å². The van der Waals surface area contributed by atoms with E-state index in [4.69, 9.17) is 4.98 Å². The van der Waals surface area contributed by atoms with Crippen LogP contribution in [0.15, 0.2) is 48.7 Å². The number of H-pyrrole nitrogens is 2. The summed E-state index contributed by atoms with van der Waals surface area (Å²) in [4.78, 5) is 16.8. The van der Waals surface area contributed by atoms with Gasteiger partial charge in [0.1, 0.15) is 11.6 Å². The number of imidazole rings is 2. The van der Waals surface area contributed by atoms with Gasteiger partial charge in [0, 0.05) is 16.8 Å². The fourth-order valence-electron chi connectivity index (χ4n) is 5.43. The molecule has 0 unspecified atom stereocenters. The molecule has 6 nitrogen and oxygen atoms in total. The molecule has 0 saturated carbocycles. The maximum Gasteiger partial charge on any atom is 0.124 e. The van der Waals surface area contributed by atoms with Crippen LogP contribution < -0.4 is 10.6 Å². The highest BCUT2D eigenvalue weighted by atomic mass is 15.0. The predicted octanol–water partition coefficient (Wildman–Crippen LogP) is 5.55. The van der Waals surface area contributed by atoms with Crippen LogP contribution in [0.25, 0.3) is 33.6 Å². The summed E-state index contributed by atoms with van der Waals surface area (Å²) < 4.78 is 0. The summed E-state index contributed by atoms with van der Waals surface area (Å²) in [6, 6.07) is 16.0. The van der Waals surface area contributed by atoms with Crippen LogP contribution in [-0.4, -0.2) is 33.0 Å². The molecule has 2 aromatic heterocycles. The van der Waals surface area contributed by atoms with Crippen LogP contribution in [0, 0.1) is 0 Å². The average molecular weight is 467 g/mol. The summed E-state index contributed by atoms with van der Waals surface area (Å²) in [6.07, 6.45) is 8.74. The fraction of sp³-hybridized carbons (Fsp3) is 0.379. The second kappa shape index (κ2) is 9.80. The van der Waals surface area contributed by atoms with Crippen LogP contribution in [0.4, 0.5) is 0 Å². The maximum absolute atomic E-state index is 5.08. The van der Waals surface area contributed by atoms with Gasteiger partial charge in [-0.1, -0.05) is 43.3 Å². The third-order valence-corrected chi connectivity index (χ3v) is 7.28. The number of nitrogens with zero attached hydrogens (tertiary/aromatic N) is 2. The van der Waals surface area contributed by atoms with Crippen molar-refractivity contribution in [2.45, 2.75) is 58.0 Å². The van der Waals surface area contributed by atoms with E-state index in [1.807, 2.05) is 6.20 Å². The number of aryl methyl sites for hydroxylation is 2. The maximum atomic E-state index is 5.08. The summed E-state index contributed by atoms with van der Waals surface area (Å²) in [5.41, 5.74) is 9.85. The molecular formula is C29H34N6. The SMILES string of the molecule is CCCNCc1ncc(-c2cccc(-c3ccc4c(c3)CCCc3[nH]c([C@@H]5CCCN5)nc3-4)c2)[nH]1. The number of aromatic nitrogens is 4. The van der Waals surface area contributed by atoms with Crippen LogP contribution >= 0.6 is 0 Å². The number of fused-ring (bicyclic) bond motifs is 3. The molecule has 35 heavy (non-hydrogen) atoms. The lowest BCUT2D eigenvalue weighted by Crippen LogP contribution is -2.14. The smallest absolute Gasteiger partial charge is 0.124 e. The molecule has 1 aliphatic heterocycles. The van der Waals surface area contributed by atoms with Crippen LogP contribution in [0.3, 0.4) is 0 Å². The van der Waals surface area contributed by atoms with Gasteiger partial charge in [0.2, 0.25) is 0 Å². The Morgan fingerprint density at radius 2 is 1.91 bits per heavy atom. The number of rotatable bonds is 7. The lowest BCUT2D eigenvalue weighted by molar-refractivity contribution is 0.610.